The van der Waals surface area contributed by atoms with E-state index >= 15 is 0 Å². The molecule has 3 nitrogen and oxygen atoms in total. The number of aliphatic carboxylic acids is 1. The van der Waals surface area contributed by atoms with Crippen LogP contribution < -0.4 is 0 Å². The van der Waals surface area contributed by atoms with Gasteiger partial charge in [0.2, 0.25) is 0 Å². The Kier molecular flexibility index (Phi) is 4.53. The van der Waals surface area contributed by atoms with Crippen LogP contribution >= 0.6 is 0 Å². The van der Waals surface area contributed by atoms with Crippen LogP contribution in [-0.2, 0) is 11.3 Å². The van der Waals surface area contributed by atoms with Crippen molar-refractivity contribution < 1.29 is 14.3 Å². The van der Waals surface area contributed by atoms with E-state index in [2.05, 4.69) is 4.90 Å². The number of hydrogen-bond acceptors (Lipinski definition) is 2. The minimum absolute atomic E-state index is 0.162. The molecule has 1 aliphatic rings. The lowest BCUT2D eigenvalue weighted by Gasteiger charge is -2.16. The van der Waals surface area contributed by atoms with Crippen molar-refractivity contribution in [3.8, 4) is 0 Å². The molecule has 0 bridgehead atoms. The second-order valence-corrected chi connectivity index (χ2v) is 5.41. The van der Waals surface area contributed by atoms with E-state index < -0.39 is 5.97 Å². The molecule has 0 spiro atoms. The van der Waals surface area contributed by atoms with Crippen molar-refractivity contribution >= 4 is 5.97 Å². The van der Waals surface area contributed by atoms with Gasteiger partial charge in [-0.25, -0.2) is 4.39 Å². The molecular formula is C15H20FNO2. The van der Waals surface area contributed by atoms with E-state index in [9.17, 15) is 9.18 Å². The Hall–Kier alpha value is -1.42. The second-order valence-electron chi connectivity index (χ2n) is 5.41. The van der Waals surface area contributed by atoms with Gasteiger partial charge >= 0.3 is 5.97 Å². The highest BCUT2D eigenvalue weighted by molar-refractivity contribution is 5.66. The number of aryl methyl sites for hydroxylation is 1. The largest absolute Gasteiger partial charge is 0.481 e. The smallest absolute Gasteiger partial charge is 0.303 e. The van der Waals surface area contributed by atoms with Gasteiger partial charge in [-0.1, -0.05) is 12.1 Å². The first kappa shape index (κ1) is 14.0. The van der Waals surface area contributed by atoms with Crippen LogP contribution in [0.2, 0.25) is 0 Å². The SMILES string of the molecule is Cc1cc(CN2CCC(CCC(=O)O)C2)ccc1F. The Morgan fingerprint density at radius 2 is 2.32 bits per heavy atom. The maximum absolute atomic E-state index is 13.2. The van der Waals surface area contributed by atoms with Crippen LogP contribution in [0.3, 0.4) is 0 Å². The van der Waals surface area contributed by atoms with Crippen molar-refractivity contribution in [3.63, 3.8) is 0 Å². The number of likely N-dealkylation sites (tertiary alicyclic amines) is 1. The summed E-state index contributed by atoms with van der Waals surface area (Å²) < 4.78 is 13.2. The zero-order valence-electron chi connectivity index (χ0n) is 11.2. The molecule has 4 heteroatoms. The summed E-state index contributed by atoms with van der Waals surface area (Å²) in [4.78, 5) is 12.9. The highest BCUT2D eigenvalue weighted by atomic mass is 19.1. The van der Waals surface area contributed by atoms with Crippen LogP contribution in [0.4, 0.5) is 4.39 Å². The quantitative estimate of drug-likeness (QED) is 0.890. The van der Waals surface area contributed by atoms with Crippen LogP contribution in [0.15, 0.2) is 18.2 Å². The predicted octanol–water partition coefficient (Wildman–Crippen LogP) is 2.82. The summed E-state index contributed by atoms with van der Waals surface area (Å²) in [6.45, 7) is 4.55. The molecule has 0 amide bonds. The van der Waals surface area contributed by atoms with Gasteiger partial charge in [0.25, 0.3) is 0 Å². The first-order valence-corrected chi connectivity index (χ1v) is 6.74. The van der Waals surface area contributed by atoms with E-state index in [1.807, 2.05) is 12.1 Å². The van der Waals surface area contributed by atoms with E-state index in [4.69, 9.17) is 5.11 Å². The van der Waals surface area contributed by atoms with Gasteiger partial charge in [-0.05, 0) is 49.4 Å². The highest BCUT2D eigenvalue weighted by Gasteiger charge is 2.22. The Labute approximate surface area is 113 Å². The predicted molar refractivity (Wildman–Crippen MR) is 71.4 cm³/mol. The van der Waals surface area contributed by atoms with Crippen molar-refractivity contribution in [2.45, 2.75) is 32.7 Å². The minimum atomic E-state index is -0.715. The normalized spacial score (nSPS) is 19.8. The van der Waals surface area contributed by atoms with E-state index in [0.29, 0.717) is 11.5 Å². The fraction of sp³-hybridized carbons (Fsp3) is 0.533. The molecule has 1 aromatic rings. The highest BCUT2D eigenvalue weighted by Crippen LogP contribution is 2.23. The molecule has 1 unspecified atom stereocenters. The molecule has 104 valence electrons. The number of carboxylic acids is 1. The van der Waals surface area contributed by atoms with Gasteiger partial charge in [0.05, 0.1) is 0 Å². The molecule has 1 aromatic carbocycles. The summed E-state index contributed by atoms with van der Waals surface area (Å²) in [5.74, 6) is -0.394. The van der Waals surface area contributed by atoms with Crippen molar-refractivity contribution in [2.24, 2.45) is 5.92 Å². The lowest BCUT2D eigenvalue weighted by atomic mass is 10.0. The summed E-state index contributed by atoms with van der Waals surface area (Å²) in [5.41, 5.74) is 1.80. The third kappa shape index (κ3) is 4.03. The average Bonchev–Trinajstić information content (AvgIpc) is 2.79. The number of nitrogens with zero attached hydrogens (tertiary/aromatic N) is 1. The van der Waals surface area contributed by atoms with Gasteiger partial charge in [-0.3, -0.25) is 9.69 Å². The number of halogens is 1. The maximum atomic E-state index is 13.2. The number of benzene rings is 1. The Morgan fingerprint density at radius 1 is 1.53 bits per heavy atom. The molecule has 1 fully saturated rings. The molecule has 0 aliphatic carbocycles. The Bertz CT molecular complexity index is 461. The standard InChI is InChI=1S/C15H20FNO2/c1-11-8-13(2-4-14(11)16)10-17-7-6-12(9-17)3-5-15(18)19/h2,4,8,12H,3,5-7,9-10H2,1H3,(H,18,19). The van der Waals surface area contributed by atoms with Gasteiger partial charge in [-0.2, -0.15) is 0 Å². The molecule has 1 saturated heterocycles. The summed E-state index contributed by atoms with van der Waals surface area (Å²) in [5, 5.41) is 8.68. The van der Waals surface area contributed by atoms with Gasteiger partial charge in [0.1, 0.15) is 5.82 Å². The number of hydrogen-bond donors (Lipinski definition) is 1. The molecule has 0 saturated carbocycles. The van der Waals surface area contributed by atoms with Crippen molar-refractivity contribution in [2.75, 3.05) is 13.1 Å². The number of rotatable bonds is 5. The monoisotopic (exact) mass is 265 g/mol. The van der Waals surface area contributed by atoms with Crippen LogP contribution in [-0.4, -0.2) is 29.1 Å². The van der Waals surface area contributed by atoms with E-state index in [1.54, 1.807) is 6.92 Å². The third-order valence-electron chi connectivity index (χ3n) is 3.76. The van der Waals surface area contributed by atoms with Crippen LogP contribution in [0.5, 0.6) is 0 Å². The number of carbonyl (C=O) groups is 1. The van der Waals surface area contributed by atoms with Gasteiger partial charge < -0.3 is 5.11 Å². The molecule has 1 N–H and O–H groups in total. The fourth-order valence-corrected chi connectivity index (χ4v) is 2.68. The van der Waals surface area contributed by atoms with Crippen molar-refractivity contribution in [1.29, 1.82) is 0 Å². The van der Waals surface area contributed by atoms with Gasteiger partial charge in [-0.15, -0.1) is 0 Å². The zero-order valence-corrected chi connectivity index (χ0v) is 11.2. The van der Waals surface area contributed by atoms with Crippen molar-refractivity contribution in [1.82, 2.24) is 4.90 Å². The summed E-state index contributed by atoms with van der Waals surface area (Å²) >= 11 is 0. The first-order chi connectivity index (χ1) is 9.04. The maximum Gasteiger partial charge on any atom is 0.303 e. The lowest BCUT2D eigenvalue weighted by Crippen LogP contribution is -2.20. The molecule has 19 heavy (non-hydrogen) atoms. The van der Waals surface area contributed by atoms with E-state index in [-0.39, 0.29) is 12.2 Å². The van der Waals surface area contributed by atoms with Gasteiger partial charge in [0.15, 0.2) is 0 Å². The summed E-state index contributed by atoms with van der Waals surface area (Å²) in [7, 11) is 0. The molecule has 1 heterocycles. The molecule has 0 radical (unpaired) electrons. The Balaban J connectivity index is 1.84. The van der Waals surface area contributed by atoms with Gasteiger partial charge in [0, 0.05) is 19.5 Å². The first-order valence-electron chi connectivity index (χ1n) is 6.74. The topological polar surface area (TPSA) is 40.5 Å². The third-order valence-corrected chi connectivity index (χ3v) is 3.76. The lowest BCUT2D eigenvalue weighted by molar-refractivity contribution is -0.137. The molecule has 2 rings (SSSR count). The minimum Gasteiger partial charge on any atom is -0.481 e. The molecule has 1 atom stereocenters. The Morgan fingerprint density at radius 3 is 3.00 bits per heavy atom. The summed E-state index contributed by atoms with van der Waals surface area (Å²) in [6, 6.07) is 5.23. The number of carboxylic acid groups (broad SMARTS) is 1. The van der Waals surface area contributed by atoms with Crippen molar-refractivity contribution in [3.05, 3.63) is 35.1 Å². The molecular weight excluding hydrogens is 245 g/mol. The molecule has 0 aromatic heterocycles. The van der Waals surface area contributed by atoms with E-state index in [1.165, 1.54) is 6.07 Å². The fourth-order valence-electron chi connectivity index (χ4n) is 2.68. The van der Waals surface area contributed by atoms with E-state index in [0.717, 1.165) is 38.0 Å². The second kappa shape index (κ2) is 6.15. The van der Waals surface area contributed by atoms with Crippen LogP contribution in [0, 0.1) is 18.7 Å². The zero-order chi connectivity index (χ0) is 13.8. The van der Waals surface area contributed by atoms with Crippen LogP contribution in [0.25, 0.3) is 0 Å². The molecule has 1 aliphatic heterocycles. The summed E-state index contributed by atoms with van der Waals surface area (Å²) in [6.07, 6.45) is 2.08. The van der Waals surface area contributed by atoms with Crippen LogP contribution in [0.1, 0.15) is 30.4 Å². The average molecular weight is 265 g/mol.